The van der Waals surface area contributed by atoms with Crippen LogP contribution in [0.25, 0.3) is 11.0 Å². The van der Waals surface area contributed by atoms with E-state index in [1.807, 2.05) is 0 Å². The van der Waals surface area contributed by atoms with Crippen molar-refractivity contribution >= 4 is 28.6 Å². The molecule has 3 nitrogen and oxygen atoms in total. The molecule has 0 radical (unpaired) electrons. The van der Waals surface area contributed by atoms with Gasteiger partial charge in [-0.25, -0.2) is 0 Å². The molecule has 3 aromatic rings. The highest BCUT2D eigenvalue weighted by Crippen LogP contribution is 2.47. The zero-order valence-corrected chi connectivity index (χ0v) is 44.2. The van der Waals surface area contributed by atoms with Crippen LogP contribution in [0.15, 0.2) is 111 Å². The Labute approximate surface area is 393 Å². The molecule has 64 heavy (non-hydrogen) atoms. The zero-order chi connectivity index (χ0) is 47.6. The average molecular weight is 865 g/mol. The van der Waals surface area contributed by atoms with Crippen molar-refractivity contribution in [3.05, 3.63) is 129 Å². The van der Waals surface area contributed by atoms with Crippen molar-refractivity contribution in [2.75, 3.05) is 13.1 Å². The zero-order valence-electron chi connectivity index (χ0n) is 44.2. The molecule has 1 atom stereocenters. The number of furan rings is 1. The summed E-state index contributed by atoms with van der Waals surface area (Å²) in [6.45, 7) is 46.1. The third-order valence-corrected chi connectivity index (χ3v) is 15.0. The Bertz CT molecular complexity index is 2320. The van der Waals surface area contributed by atoms with Gasteiger partial charge in [-0.3, -0.25) is 0 Å². The van der Waals surface area contributed by atoms with Gasteiger partial charge in [-0.1, -0.05) is 188 Å². The number of nitrogens with one attached hydrogen (secondary N) is 2. The lowest BCUT2D eigenvalue weighted by atomic mass is 9.34. The second-order valence-electron chi connectivity index (χ2n) is 23.7. The van der Waals surface area contributed by atoms with Gasteiger partial charge in [0.25, 0.3) is 0 Å². The van der Waals surface area contributed by atoms with Crippen molar-refractivity contribution in [2.45, 2.75) is 192 Å². The van der Waals surface area contributed by atoms with E-state index >= 15 is 0 Å². The predicted molar refractivity (Wildman–Crippen MR) is 284 cm³/mol. The molecule has 2 aliphatic rings. The fraction of sp³-hybridized carbons (Fsp3) is 0.567. The quantitative estimate of drug-likeness (QED) is 0.111. The van der Waals surface area contributed by atoms with Gasteiger partial charge in [0.15, 0.2) is 0 Å². The minimum absolute atomic E-state index is 0.00702. The van der Waals surface area contributed by atoms with Gasteiger partial charge in [-0.2, -0.15) is 0 Å². The van der Waals surface area contributed by atoms with Crippen LogP contribution in [-0.2, 0) is 22.7 Å². The normalized spacial score (nSPS) is 18.9. The lowest BCUT2D eigenvalue weighted by molar-refractivity contribution is 0.332. The first-order chi connectivity index (χ1) is 29.8. The summed E-state index contributed by atoms with van der Waals surface area (Å²) in [7, 11) is 0. The summed E-state index contributed by atoms with van der Waals surface area (Å²) in [5, 5.41) is 9.51. The molecular weight excluding hydrogens is 775 g/mol. The maximum atomic E-state index is 6.80. The molecule has 1 unspecified atom stereocenters. The topological polar surface area (TPSA) is 37.2 Å². The fourth-order valence-electron chi connectivity index (χ4n) is 10.6. The second kappa shape index (κ2) is 20.0. The Morgan fingerprint density at radius 1 is 0.859 bits per heavy atom. The van der Waals surface area contributed by atoms with E-state index in [9.17, 15) is 0 Å². The first-order valence-corrected chi connectivity index (χ1v) is 25.1. The molecule has 0 bridgehead atoms. The summed E-state index contributed by atoms with van der Waals surface area (Å²) in [6, 6.07) is 12.5. The van der Waals surface area contributed by atoms with Crippen molar-refractivity contribution in [2.24, 2.45) is 16.7 Å². The molecule has 1 heterocycles. The minimum atomic E-state index is -0.0531. The maximum Gasteiger partial charge on any atom is 0.246 e. The fourth-order valence-corrected chi connectivity index (χ4v) is 10.6. The number of benzene rings is 2. The molecule has 2 N–H and O–H groups in total. The standard InChI is InChI=1S/C60H89BN2O/c1-20-25-46(56(8,9)10)47(57(11,12)13)29-33-63-53-35-41(7)34-52(62-32-24-26-42(21-2)40(5)6)55(53)61(44-28-27-43(22-3)48(36-44)58(14,15)23-4)51-39-64-54-38-50-49(37-45(51)54)59(16,17)30-31-60(50,18)19/h21,24-29,35-40,52,62-63H,20,22-23,30-34H2,1-19H3/b26-24-,42-21+,46-25+,47-29+. The second-order valence-corrected chi connectivity index (χ2v) is 23.7. The molecule has 0 amide bonds. The lowest BCUT2D eigenvalue weighted by Crippen LogP contribution is -2.52. The van der Waals surface area contributed by atoms with Crippen LogP contribution < -0.4 is 21.6 Å². The van der Waals surface area contributed by atoms with Crippen molar-refractivity contribution < 1.29 is 4.42 Å². The Morgan fingerprint density at radius 3 is 2.05 bits per heavy atom. The van der Waals surface area contributed by atoms with Crippen LogP contribution in [0.2, 0.25) is 0 Å². The molecule has 5 rings (SSSR count). The Balaban J connectivity index is 1.84. The number of allylic oxidation sites excluding steroid dienone is 7. The SMILES string of the molecule is C/C=C(\C=C/CNC1CC(C)=CC(NC/C=C(\C(=C/CC)C(C)(C)C)C(C)(C)C)=C1B(c1ccc(CC)c(C(C)(C)CC)c1)c1coc2cc3c(cc12)C(C)(C)CCC3(C)C)C(C)C. The third-order valence-electron chi connectivity index (χ3n) is 15.0. The highest BCUT2D eigenvalue weighted by molar-refractivity contribution is 6.92. The smallest absolute Gasteiger partial charge is 0.246 e. The number of rotatable bonds is 16. The maximum absolute atomic E-state index is 6.80. The largest absolute Gasteiger partial charge is 0.465 e. The number of hydrogen-bond donors (Lipinski definition) is 2. The van der Waals surface area contributed by atoms with E-state index in [2.05, 4.69) is 215 Å². The first-order valence-electron chi connectivity index (χ1n) is 25.1. The molecule has 2 aromatic carbocycles. The molecule has 4 heteroatoms. The Morgan fingerprint density at radius 2 is 1.48 bits per heavy atom. The van der Waals surface area contributed by atoms with Crippen molar-refractivity contribution in [1.29, 1.82) is 0 Å². The predicted octanol–water partition coefficient (Wildman–Crippen LogP) is 14.8. The third kappa shape index (κ3) is 11.3. The van der Waals surface area contributed by atoms with Gasteiger partial charge in [0, 0.05) is 30.2 Å². The van der Waals surface area contributed by atoms with Crippen LogP contribution in [0.3, 0.4) is 0 Å². The minimum Gasteiger partial charge on any atom is -0.465 e. The summed E-state index contributed by atoms with van der Waals surface area (Å²) in [5.74, 6) is 0.483. The molecule has 0 saturated heterocycles. The van der Waals surface area contributed by atoms with Crippen molar-refractivity contribution in [3.63, 3.8) is 0 Å². The molecule has 0 saturated carbocycles. The Kier molecular flexibility index (Phi) is 16.0. The van der Waals surface area contributed by atoms with Crippen LogP contribution in [0, 0.1) is 16.7 Å². The van der Waals surface area contributed by atoms with E-state index in [-0.39, 0.29) is 39.8 Å². The molecule has 1 aromatic heterocycles. The van der Waals surface area contributed by atoms with Crippen LogP contribution in [0.1, 0.15) is 186 Å². The number of hydrogen-bond acceptors (Lipinski definition) is 3. The van der Waals surface area contributed by atoms with E-state index in [4.69, 9.17) is 4.42 Å². The van der Waals surface area contributed by atoms with Gasteiger partial charge in [0.2, 0.25) is 6.71 Å². The van der Waals surface area contributed by atoms with Crippen LogP contribution in [0.4, 0.5) is 0 Å². The lowest BCUT2D eigenvalue weighted by Gasteiger charge is -2.41. The molecule has 0 fully saturated rings. The Hall–Kier alpha value is -3.76. The van der Waals surface area contributed by atoms with Crippen molar-refractivity contribution in [1.82, 2.24) is 10.6 Å². The van der Waals surface area contributed by atoms with E-state index in [0.717, 1.165) is 44.4 Å². The van der Waals surface area contributed by atoms with Crippen molar-refractivity contribution in [3.8, 4) is 0 Å². The van der Waals surface area contributed by atoms with E-state index < -0.39 is 0 Å². The first kappa shape index (κ1) is 51.2. The van der Waals surface area contributed by atoms with Gasteiger partial charge in [0.1, 0.15) is 5.58 Å². The van der Waals surface area contributed by atoms with E-state index in [1.165, 1.54) is 84.9 Å². The summed E-state index contributed by atoms with van der Waals surface area (Å²) >= 11 is 0. The molecule has 2 aliphatic carbocycles. The highest BCUT2D eigenvalue weighted by atomic mass is 16.3. The molecule has 0 aliphatic heterocycles. The van der Waals surface area contributed by atoms with E-state index in [1.54, 1.807) is 0 Å². The summed E-state index contributed by atoms with van der Waals surface area (Å²) in [6.07, 6.45) is 22.8. The molecule has 348 valence electrons. The van der Waals surface area contributed by atoms with Gasteiger partial charge in [-0.05, 0) is 142 Å². The van der Waals surface area contributed by atoms with Gasteiger partial charge < -0.3 is 15.1 Å². The van der Waals surface area contributed by atoms with Gasteiger partial charge >= 0.3 is 0 Å². The summed E-state index contributed by atoms with van der Waals surface area (Å²) in [4.78, 5) is 0. The van der Waals surface area contributed by atoms with Crippen LogP contribution in [0.5, 0.6) is 0 Å². The monoisotopic (exact) mass is 865 g/mol. The number of fused-ring (bicyclic) bond motifs is 2. The summed E-state index contributed by atoms with van der Waals surface area (Å²) in [5.41, 5.74) is 17.9. The molecule has 0 spiro atoms. The van der Waals surface area contributed by atoms with E-state index in [0.29, 0.717) is 5.92 Å². The van der Waals surface area contributed by atoms with Crippen LogP contribution in [-0.4, -0.2) is 25.8 Å². The van der Waals surface area contributed by atoms with Gasteiger partial charge in [0.05, 0.1) is 6.26 Å². The summed E-state index contributed by atoms with van der Waals surface area (Å²) < 4.78 is 6.80. The highest BCUT2D eigenvalue weighted by Gasteiger charge is 2.41. The number of aryl methyl sites for hydroxylation is 1. The van der Waals surface area contributed by atoms with Gasteiger partial charge in [-0.15, -0.1) is 0 Å². The van der Waals surface area contributed by atoms with Crippen LogP contribution >= 0.6 is 0 Å². The average Bonchev–Trinajstić information content (AvgIpc) is 3.62. The molecular formula is C60H89BN2O.